The van der Waals surface area contributed by atoms with E-state index in [2.05, 4.69) is 25.7 Å². The maximum Gasteiger partial charge on any atom is 0.00900 e. The van der Waals surface area contributed by atoms with Crippen molar-refractivity contribution in [2.45, 2.75) is 65.3 Å². The van der Waals surface area contributed by atoms with Gasteiger partial charge in [-0.15, -0.1) is 0 Å². The Kier molecular flexibility index (Phi) is 5.54. The maximum absolute atomic E-state index is 2.71. The zero-order valence-electron chi connectivity index (χ0n) is 10.3. The smallest absolute Gasteiger partial charge is 0.00900 e. The normalized spacial score (nSPS) is 20.6. The number of hydrogen-bond donors (Lipinski definition) is 0. The lowest BCUT2D eigenvalue weighted by Gasteiger charge is -2.37. The molecule has 84 valence electrons. The summed E-state index contributed by atoms with van der Waals surface area (Å²) in [7, 11) is 0. The van der Waals surface area contributed by atoms with Gasteiger partial charge in [0.1, 0.15) is 0 Å². The van der Waals surface area contributed by atoms with Crippen molar-refractivity contribution >= 4 is 0 Å². The van der Waals surface area contributed by atoms with Crippen molar-refractivity contribution in [1.82, 2.24) is 4.90 Å². The van der Waals surface area contributed by atoms with E-state index in [1.54, 1.807) is 0 Å². The van der Waals surface area contributed by atoms with Crippen LogP contribution >= 0.6 is 0 Å². The molecule has 1 heterocycles. The minimum atomic E-state index is 0.859. The van der Waals surface area contributed by atoms with Crippen LogP contribution in [-0.2, 0) is 0 Å². The average molecular weight is 197 g/mol. The van der Waals surface area contributed by atoms with Crippen LogP contribution in [0.3, 0.4) is 0 Å². The van der Waals surface area contributed by atoms with Crippen LogP contribution in [0.4, 0.5) is 0 Å². The summed E-state index contributed by atoms with van der Waals surface area (Å²) >= 11 is 0. The van der Waals surface area contributed by atoms with Crippen molar-refractivity contribution in [3.8, 4) is 0 Å². The maximum atomic E-state index is 2.71. The lowest BCUT2D eigenvalue weighted by molar-refractivity contribution is 0.122. The highest BCUT2D eigenvalue weighted by Gasteiger charge is 2.22. The fourth-order valence-electron chi connectivity index (χ4n) is 2.82. The van der Waals surface area contributed by atoms with Gasteiger partial charge in [0.05, 0.1) is 0 Å². The lowest BCUT2D eigenvalue weighted by Crippen LogP contribution is -2.40. The predicted molar refractivity (Wildman–Crippen MR) is 63.6 cm³/mol. The Morgan fingerprint density at radius 1 is 1.07 bits per heavy atom. The molecule has 0 N–H and O–H groups in total. The highest BCUT2D eigenvalue weighted by Crippen LogP contribution is 2.24. The topological polar surface area (TPSA) is 3.24 Å². The van der Waals surface area contributed by atoms with Gasteiger partial charge in [0.25, 0.3) is 0 Å². The largest absolute Gasteiger partial charge is 0.300 e. The van der Waals surface area contributed by atoms with Gasteiger partial charge in [-0.1, -0.05) is 33.6 Å². The summed E-state index contributed by atoms with van der Waals surface area (Å²) < 4.78 is 0. The Balaban J connectivity index is 2.27. The van der Waals surface area contributed by atoms with Crippen molar-refractivity contribution in [3.63, 3.8) is 0 Å². The molecular weight excluding hydrogens is 170 g/mol. The molecule has 1 heteroatoms. The Hall–Kier alpha value is -0.0400. The predicted octanol–water partition coefficient (Wildman–Crippen LogP) is 3.69. The van der Waals surface area contributed by atoms with Crippen molar-refractivity contribution < 1.29 is 0 Å². The van der Waals surface area contributed by atoms with Crippen LogP contribution in [0, 0.1) is 5.92 Å². The number of piperidine rings is 1. The van der Waals surface area contributed by atoms with Crippen molar-refractivity contribution in [2.24, 2.45) is 5.92 Å². The van der Waals surface area contributed by atoms with Crippen LogP contribution in [0.15, 0.2) is 0 Å². The minimum absolute atomic E-state index is 0.859. The third kappa shape index (κ3) is 3.27. The molecule has 0 aromatic carbocycles. The molecule has 1 fully saturated rings. The van der Waals surface area contributed by atoms with Crippen LogP contribution in [0.1, 0.15) is 59.3 Å². The van der Waals surface area contributed by atoms with E-state index in [0.29, 0.717) is 0 Å². The number of hydrogen-bond acceptors (Lipinski definition) is 1. The fourth-order valence-corrected chi connectivity index (χ4v) is 2.82. The van der Waals surface area contributed by atoms with Crippen LogP contribution in [-0.4, -0.2) is 24.0 Å². The van der Waals surface area contributed by atoms with Crippen LogP contribution in [0.25, 0.3) is 0 Å². The molecule has 1 aliphatic rings. The Bertz CT molecular complexity index is 132. The third-order valence-corrected chi connectivity index (χ3v) is 3.80. The molecule has 0 spiro atoms. The van der Waals surface area contributed by atoms with Crippen molar-refractivity contribution in [2.75, 3.05) is 13.1 Å². The van der Waals surface area contributed by atoms with E-state index >= 15 is 0 Å². The van der Waals surface area contributed by atoms with Gasteiger partial charge >= 0.3 is 0 Å². The first-order chi connectivity index (χ1) is 6.81. The molecule has 0 atom stereocenters. The van der Waals surface area contributed by atoms with Gasteiger partial charge in [0, 0.05) is 6.04 Å². The first-order valence-electron chi connectivity index (χ1n) is 6.55. The molecule has 0 aromatic heterocycles. The van der Waals surface area contributed by atoms with E-state index in [0.717, 1.165) is 12.0 Å². The molecule has 0 bridgehead atoms. The standard InChI is InChI=1S/C13H27N/c1-4-7-12-8-10-14(11-9-12)13(5-2)6-3/h12-13H,4-11H2,1-3H3. The van der Waals surface area contributed by atoms with Gasteiger partial charge in [0.15, 0.2) is 0 Å². The molecule has 0 radical (unpaired) electrons. The molecule has 0 aliphatic carbocycles. The first-order valence-corrected chi connectivity index (χ1v) is 6.55. The number of likely N-dealkylation sites (tertiary alicyclic amines) is 1. The molecular formula is C13H27N. The van der Waals surface area contributed by atoms with E-state index in [1.807, 2.05) is 0 Å². The summed E-state index contributed by atoms with van der Waals surface area (Å²) in [5, 5.41) is 0. The minimum Gasteiger partial charge on any atom is -0.300 e. The Labute approximate surface area is 89.9 Å². The zero-order chi connectivity index (χ0) is 10.4. The molecule has 14 heavy (non-hydrogen) atoms. The van der Waals surface area contributed by atoms with Crippen LogP contribution in [0.5, 0.6) is 0 Å². The average Bonchev–Trinajstić information content (AvgIpc) is 2.23. The van der Waals surface area contributed by atoms with Crippen molar-refractivity contribution in [1.29, 1.82) is 0 Å². The van der Waals surface area contributed by atoms with Gasteiger partial charge in [-0.3, -0.25) is 0 Å². The summed E-state index contributed by atoms with van der Waals surface area (Å²) in [4.78, 5) is 2.71. The van der Waals surface area contributed by atoms with Gasteiger partial charge in [0.2, 0.25) is 0 Å². The fraction of sp³-hybridized carbons (Fsp3) is 1.00. The molecule has 1 aliphatic heterocycles. The molecule has 1 rings (SSSR count). The van der Waals surface area contributed by atoms with Gasteiger partial charge in [-0.2, -0.15) is 0 Å². The number of nitrogens with zero attached hydrogens (tertiary/aromatic N) is 1. The molecule has 0 unspecified atom stereocenters. The van der Waals surface area contributed by atoms with E-state index in [4.69, 9.17) is 0 Å². The molecule has 1 saturated heterocycles. The molecule has 0 aromatic rings. The van der Waals surface area contributed by atoms with Crippen LogP contribution in [0.2, 0.25) is 0 Å². The summed E-state index contributed by atoms with van der Waals surface area (Å²) in [6, 6.07) is 0.859. The second-order valence-electron chi connectivity index (χ2n) is 4.74. The summed E-state index contributed by atoms with van der Waals surface area (Å²) in [6.07, 6.45) is 8.38. The summed E-state index contributed by atoms with van der Waals surface area (Å²) in [5.74, 6) is 1.03. The Morgan fingerprint density at radius 2 is 1.64 bits per heavy atom. The number of rotatable bonds is 5. The monoisotopic (exact) mass is 197 g/mol. The first kappa shape index (κ1) is 12.0. The Morgan fingerprint density at radius 3 is 2.07 bits per heavy atom. The van der Waals surface area contributed by atoms with E-state index < -0.39 is 0 Å². The van der Waals surface area contributed by atoms with E-state index in [1.165, 1.54) is 51.6 Å². The molecule has 0 saturated carbocycles. The van der Waals surface area contributed by atoms with Crippen molar-refractivity contribution in [3.05, 3.63) is 0 Å². The lowest BCUT2D eigenvalue weighted by atomic mass is 9.91. The SMILES string of the molecule is CCCC1CCN(C(CC)CC)CC1. The van der Waals surface area contributed by atoms with Gasteiger partial charge in [-0.05, 0) is 44.7 Å². The highest BCUT2D eigenvalue weighted by molar-refractivity contribution is 4.76. The van der Waals surface area contributed by atoms with Gasteiger partial charge in [-0.25, -0.2) is 0 Å². The van der Waals surface area contributed by atoms with Crippen LogP contribution < -0.4 is 0 Å². The summed E-state index contributed by atoms with van der Waals surface area (Å²) in [5.41, 5.74) is 0. The molecule has 0 amide bonds. The van der Waals surface area contributed by atoms with Gasteiger partial charge < -0.3 is 4.90 Å². The third-order valence-electron chi connectivity index (χ3n) is 3.80. The highest BCUT2D eigenvalue weighted by atomic mass is 15.2. The quantitative estimate of drug-likeness (QED) is 0.650. The van der Waals surface area contributed by atoms with E-state index in [9.17, 15) is 0 Å². The molecule has 1 nitrogen and oxygen atoms in total. The summed E-state index contributed by atoms with van der Waals surface area (Å²) in [6.45, 7) is 9.68. The second kappa shape index (κ2) is 6.44. The second-order valence-corrected chi connectivity index (χ2v) is 4.74. The zero-order valence-corrected chi connectivity index (χ0v) is 10.3. The van der Waals surface area contributed by atoms with E-state index in [-0.39, 0.29) is 0 Å².